The first-order valence-corrected chi connectivity index (χ1v) is 11.1. The molecule has 9 nitrogen and oxygen atoms in total. The highest BCUT2D eigenvalue weighted by Crippen LogP contribution is 2.30. The highest BCUT2D eigenvalue weighted by Gasteiger charge is 2.46. The Kier molecular flexibility index (Phi) is 6.07. The molecule has 0 atom stereocenters. The lowest BCUT2D eigenvalue weighted by Crippen LogP contribution is -2.61. The zero-order valence-electron chi connectivity index (χ0n) is 16.1. The smallest absolute Gasteiger partial charge is 0.248 e. The number of piperidine rings is 1. The van der Waals surface area contributed by atoms with E-state index in [0.29, 0.717) is 64.5 Å². The van der Waals surface area contributed by atoms with Crippen molar-refractivity contribution in [2.24, 2.45) is 7.05 Å². The second kappa shape index (κ2) is 8.15. The molecule has 3 rings (SSSR count). The van der Waals surface area contributed by atoms with Crippen molar-refractivity contribution in [3.05, 3.63) is 12.3 Å². The van der Waals surface area contributed by atoms with Gasteiger partial charge in [-0.25, -0.2) is 12.7 Å². The van der Waals surface area contributed by atoms with Crippen LogP contribution in [0.2, 0.25) is 0 Å². The Balaban J connectivity index is 1.80. The number of aryl methyl sites for hydroxylation is 1. The van der Waals surface area contributed by atoms with E-state index in [-0.39, 0.29) is 11.7 Å². The van der Waals surface area contributed by atoms with Crippen molar-refractivity contribution < 1.29 is 17.9 Å². The lowest BCUT2D eigenvalue weighted by Gasteiger charge is -2.43. The number of sulfonamides is 1. The SMILES string of the molecule is CCCS(=O)(=O)N1CCC(Nc2ccn(C)n2)(C(=O)N2CCOCC2)CC1. The van der Waals surface area contributed by atoms with E-state index in [9.17, 15) is 13.2 Å². The molecule has 0 aliphatic carbocycles. The molecule has 0 aromatic carbocycles. The number of carbonyl (C=O) groups excluding carboxylic acids is 1. The first-order chi connectivity index (χ1) is 12.9. The van der Waals surface area contributed by atoms with Gasteiger partial charge in [-0.05, 0) is 19.3 Å². The van der Waals surface area contributed by atoms with Gasteiger partial charge in [0.1, 0.15) is 11.4 Å². The molecular weight excluding hydrogens is 370 g/mol. The normalized spacial score (nSPS) is 21.2. The van der Waals surface area contributed by atoms with Gasteiger partial charge in [0.15, 0.2) is 0 Å². The number of amides is 1. The van der Waals surface area contributed by atoms with E-state index in [1.54, 1.807) is 4.68 Å². The van der Waals surface area contributed by atoms with Crippen LogP contribution >= 0.6 is 0 Å². The molecular formula is C17H29N5O4S. The third-order valence-corrected chi connectivity index (χ3v) is 7.30. The van der Waals surface area contributed by atoms with Gasteiger partial charge in [0, 0.05) is 45.5 Å². The van der Waals surface area contributed by atoms with Gasteiger partial charge in [-0.1, -0.05) is 6.92 Å². The largest absolute Gasteiger partial charge is 0.378 e. The minimum Gasteiger partial charge on any atom is -0.378 e. The molecule has 0 bridgehead atoms. The van der Waals surface area contributed by atoms with Gasteiger partial charge < -0.3 is 15.0 Å². The summed E-state index contributed by atoms with van der Waals surface area (Å²) in [7, 11) is -1.44. The summed E-state index contributed by atoms with van der Waals surface area (Å²) >= 11 is 0. The molecule has 1 amide bonds. The van der Waals surface area contributed by atoms with Gasteiger partial charge in [0.25, 0.3) is 0 Å². The number of anilines is 1. The molecule has 2 aliphatic heterocycles. The van der Waals surface area contributed by atoms with Crippen LogP contribution in [0.15, 0.2) is 12.3 Å². The Bertz CT molecular complexity index is 749. The first-order valence-electron chi connectivity index (χ1n) is 9.49. The van der Waals surface area contributed by atoms with E-state index in [1.165, 1.54) is 4.31 Å². The molecule has 1 aromatic heterocycles. The summed E-state index contributed by atoms with van der Waals surface area (Å²) in [5, 5.41) is 7.68. The molecule has 0 spiro atoms. The number of aromatic nitrogens is 2. The minimum absolute atomic E-state index is 0.00370. The Morgan fingerprint density at radius 3 is 2.48 bits per heavy atom. The number of ether oxygens (including phenoxy) is 1. The van der Waals surface area contributed by atoms with Gasteiger partial charge in [0.05, 0.1) is 19.0 Å². The third kappa shape index (κ3) is 4.44. The fraction of sp³-hybridized carbons (Fsp3) is 0.765. The number of hydrogen-bond donors (Lipinski definition) is 1. The number of morpholine rings is 1. The maximum absolute atomic E-state index is 13.4. The quantitative estimate of drug-likeness (QED) is 0.737. The summed E-state index contributed by atoms with van der Waals surface area (Å²) in [5.74, 6) is 0.776. The summed E-state index contributed by atoms with van der Waals surface area (Å²) in [6, 6.07) is 1.83. The topological polar surface area (TPSA) is 96.8 Å². The monoisotopic (exact) mass is 399 g/mol. The van der Waals surface area contributed by atoms with Gasteiger partial charge in [-0.15, -0.1) is 0 Å². The van der Waals surface area contributed by atoms with Crippen LogP contribution < -0.4 is 5.32 Å². The third-order valence-electron chi connectivity index (χ3n) is 5.22. The molecule has 0 unspecified atom stereocenters. The Hall–Kier alpha value is -1.65. The number of nitrogens with one attached hydrogen (secondary N) is 1. The molecule has 2 aliphatic rings. The number of carbonyl (C=O) groups is 1. The van der Waals surface area contributed by atoms with Crippen molar-refractivity contribution >= 4 is 21.7 Å². The molecule has 152 valence electrons. The highest BCUT2D eigenvalue weighted by molar-refractivity contribution is 7.89. The first kappa shape index (κ1) is 20.1. The predicted molar refractivity (Wildman–Crippen MR) is 102 cm³/mol. The molecule has 2 saturated heterocycles. The van der Waals surface area contributed by atoms with Crippen LogP contribution in [-0.4, -0.2) is 84.0 Å². The predicted octanol–water partition coefficient (Wildman–Crippen LogP) is 0.265. The van der Waals surface area contributed by atoms with Crippen molar-refractivity contribution in [2.45, 2.75) is 31.7 Å². The molecule has 27 heavy (non-hydrogen) atoms. The van der Waals surface area contributed by atoms with Crippen molar-refractivity contribution in [2.75, 3.05) is 50.5 Å². The fourth-order valence-electron chi connectivity index (χ4n) is 3.72. The van der Waals surface area contributed by atoms with Gasteiger partial charge in [-0.3, -0.25) is 9.48 Å². The van der Waals surface area contributed by atoms with E-state index >= 15 is 0 Å². The zero-order valence-corrected chi connectivity index (χ0v) is 16.9. The molecule has 0 saturated carbocycles. The Morgan fingerprint density at radius 2 is 1.93 bits per heavy atom. The van der Waals surface area contributed by atoms with Crippen LogP contribution in [-0.2, 0) is 26.6 Å². The molecule has 10 heteroatoms. The standard InChI is InChI=1S/C17H29N5O4S/c1-3-14-27(24,25)22-8-5-17(6-9-22,18-15-4-7-20(2)19-15)16(23)21-10-12-26-13-11-21/h4,7H,3,5-6,8-14H2,1-2H3,(H,18,19). The number of hydrogen-bond acceptors (Lipinski definition) is 6. The Labute approximate surface area is 160 Å². The van der Waals surface area contributed by atoms with E-state index in [1.807, 2.05) is 31.1 Å². The van der Waals surface area contributed by atoms with Crippen LogP contribution in [0.5, 0.6) is 0 Å². The average Bonchev–Trinajstić information content (AvgIpc) is 3.06. The minimum atomic E-state index is -3.26. The van der Waals surface area contributed by atoms with Gasteiger partial charge >= 0.3 is 0 Å². The van der Waals surface area contributed by atoms with E-state index < -0.39 is 15.6 Å². The molecule has 0 radical (unpaired) electrons. The number of nitrogens with zero attached hydrogens (tertiary/aromatic N) is 4. The molecule has 2 fully saturated rings. The lowest BCUT2D eigenvalue weighted by molar-refractivity contribution is -0.141. The second-order valence-corrected chi connectivity index (χ2v) is 9.29. The van der Waals surface area contributed by atoms with E-state index in [4.69, 9.17) is 4.74 Å². The lowest BCUT2D eigenvalue weighted by atomic mass is 9.86. The van der Waals surface area contributed by atoms with Crippen LogP contribution in [0.1, 0.15) is 26.2 Å². The van der Waals surface area contributed by atoms with Crippen LogP contribution in [0.4, 0.5) is 5.82 Å². The average molecular weight is 400 g/mol. The van der Waals surface area contributed by atoms with E-state index in [2.05, 4.69) is 10.4 Å². The summed E-state index contributed by atoms with van der Waals surface area (Å²) in [6.45, 7) is 4.70. The highest BCUT2D eigenvalue weighted by atomic mass is 32.2. The summed E-state index contributed by atoms with van der Waals surface area (Å²) < 4.78 is 33.4. The maximum Gasteiger partial charge on any atom is 0.248 e. The van der Waals surface area contributed by atoms with Gasteiger partial charge in [-0.2, -0.15) is 5.10 Å². The van der Waals surface area contributed by atoms with Crippen LogP contribution in [0.25, 0.3) is 0 Å². The summed E-state index contributed by atoms with van der Waals surface area (Å²) in [5.41, 5.74) is -0.843. The molecule has 3 heterocycles. The molecule has 1 N–H and O–H groups in total. The fourth-order valence-corrected chi connectivity index (χ4v) is 5.23. The number of rotatable bonds is 6. The summed E-state index contributed by atoms with van der Waals surface area (Å²) in [4.78, 5) is 15.2. The van der Waals surface area contributed by atoms with Gasteiger partial charge in [0.2, 0.25) is 15.9 Å². The van der Waals surface area contributed by atoms with Crippen molar-refractivity contribution in [3.8, 4) is 0 Å². The van der Waals surface area contributed by atoms with Crippen LogP contribution in [0.3, 0.4) is 0 Å². The summed E-state index contributed by atoms with van der Waals surface area (Å²) in [6.07, 6.45) is 3.24. The van der Waals surface area contributed by atoms with Crippen molar-refractivity contribution in [1.29, 1.82) is 0 Å². The van der Waals surface area contributed by atoms with Crippen molar-refractivity contribution in [3.63, 3.8) is 0 Å². The molecule has 1 aromatic rings. The second-order valence-electron chi connectivity index (χ2n) is 7.20. The maximum atomic E-state index is 13.4. The zero-order chi connectivity index (χ0) is 19.5. The Morgan fingerprint density at radius 1 is 1.26 bits per heavy atom. The van der Waals surface area contributed by atoms with Crippen molar-refractivity contribution in [1.82, 2.24) is 19.0 Å². The van der Waals surface area contributed by atoms with Crippen LogP contribution in [0, 0.1) is 0 Å². The van der Waals surface area contributed by atoms with E-state index in [0.717, 1.165) is 0 Å².